The van der Waals surface area contributed by atoms with Crippen LogP contribution in [0.3, 0.4) is 0 Å². The van der Waals surface area contributed by atoms with Crippen LogP contribution in [0.4, 0.5) is 5.82 Å². The number of carbonyl (C=O) groups excluding carboxylic acids is 2. The highest BCUT2D eigenvalue weighted by Crippen LogP contribution is 2.26. The number of nitrogens with zero attached hydrogens (tertiary/aromatic N) is 2. The molecule has 4 rings (SSSR count). The van der Waals surface area contributed by atoms with E-state index in [1.165, 1.54) is 11.1 Å². The second-order valence-electron chi connectivity index (χ2n) is 8.70. The number of hydrogen-bond donors (Lipinski definition) is 3. The Hall–Kier alpha value is -3.48. The Labute approximate surface area is 187 Å². The van der Waals surface area contributed by atoms with Crippen molar-refractivity contribution in [3.8, 4) is 0 Å². The van der Waals surface area contributed by atoms with Gasteiger partial charge in [-0.05, 0) is 48.4 Å². The summed E-state index contributed by atoms with van der Waals surface area (Å²) in [5.41, 5.74) is 8.91. The van der Waals surface area contributed by atoms with Gasteiger partial charge >= 0.3 is 0 Å². The molecule has 1 aliphatic carbocycles. The highest BCUT2D eigenvalue weighted by Gasteiger charge is 2.25. The number of aromatic nitrogens is 2. The maximum Gasteiger partial charge on any atom is 0.240 e. The minimum atomic E-state index is -0.557. The van der Waals surface area contributed by atoms with Crippen molar-refractivity contribution < 1.29 is 9.59 Å². The summed E-state index contributed by atoms with van der Waals surface area (Å²) in [4.78, 5) is 34.0. The van der Waals surface area contributed by atoms with Crippen LogP contribution in [-0.4, -0.2) is 27.8 Å². The lowest BCUT2D eigenvalue weighted by atomic mass is 9.83. The number of hydrogen-bond acceptors (Lipinski definition) is 5. The lowest BCUT2D eigenvalue weighted by Gasteiger charge is -2.24. The number of carbonyl (C=O) groups is 2. The molecule has 0 saturated carbocycles. The molecule has 1 aliphatic rings. The Morgan fingerprint density at radius 3 is 2.53 bits per heavy atom. The van der Waals surface area contributed by atoms with Gasteiger partial charge in [0, 0.05) is 11.3 Å². The summed E-state index contributed by atoms with van der Waals surface area (Å²) >= 11 is 0. The van der Waals surface area contributed by atoms with E-state index in [-0.39, 0.29) is 24.3 Å². The second kappa shape index (κ2) is 9.34. The summed E-state index contributed by atoms with van der Waals surface area (Å²) in [6, 6.07) is 15.3. The fourth-order valence-electron chi connectivity index (χ4n) is 4.26. The summed E-state index contributed by atoms with van der Waals surface area (Å²) in [6.45, 7) is 4.07. The van der Waals surface area contributed by atoms with Gasteiger partial charge in [0.05, 0.1) is 12.1 Å². The Kier molecular flexibility index (Phi) is 6.35. The van der Waals surface area contributed by atoms with Crippen molar-refractivity contribution in [2.24, 2.45) is 17.6 Å². The van der Waals surface area contributed by atoms with Crippen LogP contribution in [0.1, 0.15) is 37.2 Å². The quantitative estimate of drug-likeness (QED) is 0.533. The largest absolute Gasteiger partial charge is 0.368 e. The lowest BCUT2D eigenvalue weighted by Crippen LogP contribution is -2.40. The molecule has 32 heavy (non-hydrogen) atoms. The first-order chi connectivity index (χ1) is 15.4. The third-order valence-corrected chi connectivity index (χ3v) is 6.05. The molecule has 0 spiro atoms. The van der Waals surface area contributed by atoms with E-state index in [9.17, 15) is 9.59 Å². The zero-order chi connectivity index (χ0) is 22.7. The number of anilines is 1. The SMILES string of the molecule is CC(C)[C@H](Nc1nc(CNC(=O)C2CCc3ccccc3C2)nc2ccccc12)C(N)=O. The van der Waals surface area contributed by atoms with Crippen LogP contribution in [0, 0.1) is 11.8 Å². The zero-order valence-electron chi connectivity index (χ0n) is 18.5. The van der Waals surface area contributed by atoms with Gasteiger partial charge in [0.25, 0.3) is 0 Å². The van der Waals surface area contributed by atoms with Gasteiger partial charge in [-0.15, -0.1) is 0 Å². The minimum absolute atomic E-state index is 0.00133. The van der Waals surface area contributed by atoms with Crippen molar-refractivity contribution in [3.05, 3.63) is 65.5 Å². The summed E-state index contributed by atoms with van der Waals surface area (Å²) in [7, 11) is 0. The molecule has 0 radical (unpaired) electrons. The molecule has 4 N–H and O–H groups in total. The van der Waals surface area contributed by atoms with Crippen molar-refractivity contribution in [2.45, 2.75) is 45.7 Å². The molecular weight excluding hydrogens is 402 g/mol. The number of nitrogens with two attached hydrogens (primary N) is 1. The third kappa shape index (κ3) is 4.72. The van der Waals surface area contributed by atoms with Crippen LogP contribution in [0.2, 0.25) is 0 Å². The second-order valence-corrected chi connectivity index (χ2v) is 8.70. The maximum absolute atomic E-state index is 12.8. The number of rotatable bonds is 7. The van der Waals surface area contributed by atoms with E-state index in [0.717, 1.165) is 30.2 Å². The van der Waals surface area contributed by atoms with Crippen molar-refractivity contribution in [1.82, 2.24) is 15.3 Å². The standard InChI is InChI=1S/C25H29N5O2/c1-15(2)22(23(26)31)30-24-19-9-5-6-10-20(19)28-21(29-24)14-27-25(32)18-12-11-16-7-3-4-8-17(16)13-18/h3-10,15,18,22H,11-14H2,1-2H3,(H2,26,31)(H,27,32)(H,28,29,30)/t18?,22-/m0/s1. The first kappa shape index (κ1) is 21.7. The highest BCUT2D eigenvalue weighted by atomic mass is 16.2. The van der Waals surface area contributed by atoms with Gasteiger partial charge in [-0.2, -0.15) is 0 Å². The Bertz CT molecular complexity index is 1140. The molecule has 2 atom stereocenters. The van der Waals surface area contributed by atoms with Crippen LogP contribution in [-0.2, 0) is 29.0 Å². The number of aryl methyl sites for hydroxylation is 1. The Balaban J connectivity index is 1.51. The van der Waals surface area contributed by atoms with Crippen LogP contribution in [0.25, 0.3) is 10.9 Å². The van der Waals surface area contributed by atoms with Crippen LogP contribution >= 0.6 is 0 Å². The van der Waals surface area contributed by atoms with E-state index >= 15 is 0 Å². The fraction of sp³-hybridized carbons (Fsp3) is 0.360. The van der Waals surface area contributed by atoms with E-state index in [4.69, 9.17) is 5.73 Å². The zero-order valence-corrected chi connectivity index (χ0v) is 18.5. The topological polar surface area (TPSA) is 110 Å². The Morgan fingerprint density at radius 2 is 1.78 bits per heavy atom. The number of para-hydroxylation sites is 1. The molecule has 2 amide bonds. The summed E-state index contributed by atoms with van der Waals surface area (Å²) in [6.07, 6.45) is 2.50. The molecule has 0 bridgehead atoms. The summed E-state index contributed by atoms with van der Waals surface area (Å²) in [5.74, 6) is 0.562. The van der Waals surface area contributed by atoms with Crippen molar-refractivity contribution in [1.29, 1.82) is 0 Å². The maximum atomic E-state index is 12.8. The van der Waals surface area contributed by atoms with E-state index in [1.54, 1.807) is 0 Å². The van der Waals surface area contributed by atoms with Crippen LogP contribution < -0.4 is 16.4 Å². The van der Waals surface area contributed by atoms with E-state index in [2.05, 4.69) is 32.7 Å². The summed E-state index contributed by atoms with van der Waals surface area (Å²) in [5, 5.41) is 7.00. The average Bonchev–Trinajstić information content (AvgIpc) is 2.80. The molecule has 7 nitrogen and oxygen atoms in total. The Morgan fingerprint density at radius 1 is 1.06 bits per heavy atom. The molecule has 3 aromatic rings. The molecule has 0 aliphatic heterocycles. The van der Waals surface area contributed by atoms with Crippen molar-refractivity contribution >= 4 is 28.5 Å². The molecule has 0 saturated heterocycles. The summed E-state index contributed by atoms with van der Waals surface area (Å²) < 4.78 is 0. The molecule has 0 fully saturated rings. The number of benzene rings is 2. The van der Waals surface area contributed by atoms with Crippen molar-refractivity contribution in [3.63, 3.8) is 0 Å². The van der Waals surface area contributed by atoms with Gasteiger partial charge in [-0.25, -0.2) is 9.97 Å². The monoisotopic (exact) mass is 431 g/mol. The molecule has 166 valence electrons. The predicted octanol–water partition coefficient (Wildman–Crippen LogP) is 2.97. The molecule has 1 aromatic heterocycles. The number of fused-ring (bicyclic) bond motifs is 2. The first-order valence-electron chi connectivity index (χ1n) is 11.1. The fourth-order valence-corrected chi connectivity index (χ4v) is 4.26. The first-order valence-corrected chi connectivity index (χ1v) is 11.1. The van der Waals surface area contributed by atoms with E-state index in [0.29, 0.717) is 11.6 Å². The lowest BCUT2D eigenvalue weighted by molar-refractivity contribution is -0.125. The van der Waals surface area contributed by atoms with Crippen LogP contribution in [0.15, 0.2) is 48.5 Å². The van der Waals surface area contributed by atoms with Gasteiger partial charge in [0.15, 0.2) is 5.82 Å². The average molecular weight is 432 g/mol. The smallest absolute Gasteiger partial charge is 0.240 e. The van der Waals surface area contributed by atoms with E-state index < -0.39 is 11.9 Å². The minimum Gasteiger partial charge on any atom is -0.368 e. The van der Waals surface area contributed by atoms with E-state index in [1.807, 2.05) is 50.2 Å². The normalized spacial score (nSPS) is 16.4. The van der Waals surface area contributed by atoms with Gasteiger partial charge in [0.2, 0.25) is 11.8 Å². The number of primary amides is 1. The molecule has 2 aromatic carbocycles. The third-order valence-electron chi connectivity index (χ3n) is 6.05. The van der Waals surface area contributed by atoms with Gasteiger partial charge < -0.3 is 16.4 Å². The molecule has 7 heteroatoms. The highest BCUT2D eigenvalue weighted by molar-refractivity contribution is 5.92. The molecule has 1 heterocycles. The molecule has 1 unspecified atom stereocenters. The van der Waals surface area contributed by atoms with Gasteiger partial charge in [0.1, 0.15) is 11.9 Å². The van der Waals surface area contributed by atoms with Gasteiger partial charge in [-0.1, -0.05) is 50.2 Å². The van der Waals surface area contributed by atoms with Crippen molar-refractivity contribution in [2.75, 3.05) is 5.32 Å². The predicted molar refractivity (Wildman–Crippen MR) is 125 cm³/mol. The van der Waals surface area contributed by atoms with Gasteiger partial charge in [-0.3, -0.25) is 9.59 Å². The number of nitrogens with one attached hydrogen (secondary N) is 2. The number of amides is 2. The molecular formula is C25H29N5O2. The van der Waals surface area contributed by atoms with Crippen LogP contribution in [0.5, 0.6) is 0 Å².